The number of aromatic nitrogens is 2. The van der Waals surface area contributed by atoms with Crippen LogP contribution in [0.15, 0.2) is 47.8 Å². The van der Waals surface area contributed by atoms with E-state index in [2.05, 4.69) is 28.7 Å². The maximum atomic E-state index is 13.3. The Morgan fingerprint density at radius 3 is 2.58 bits per heavy atom. The molecule has 7 heteroatoms. The fraction of sp³-hybridized carbons (Fsp3) is 0.458. The molecule has 0 spiro atoms. The maximum absolute atomic E-state index is 13.3. The third kappa shape index (κ3) is 4.21. The highest BCUT2D eigenvalue weighted by Crippen LogP contribution is 2.36. The van der Waals surface area contributed by atoms with Crippen LogP contribution in [0, 0.1) is 6.92 Å². The van der Waals surface area contributed by atoms with Crippen LogP contribution in [0.3, 0.4) is 0 Å². The average Bonchev–Trinajstić information content (AvgIpc) is 3.14. The van der Waals surface area contributed by atoms with Gasteiger partial charge in [-0.25, -0.2) is 8.42 Å². The molecule has 3 heterocycles. The number of ether oxygens (including phenoxy) is 1. The lowest BCUT2D eigenvalue weighted by Gasteiger charge is -2.31. The van der Waals surface area contributed by atoms with Gasteiger partial charge in [-0.2, -0.15) is 4.31 Å². The molecular weight excluding hydrogens is 410 g/mol. The zero-order valence-corrected chi connectivity index (χ0v) is 19.5. The van der Waals surface area contributed by atoms with Gasteiger partial charge < -0.3 is 9.30 Å². The second-order valence-corrected chi connectivity index (χ2v) is 10.5. The van der Waals surface area contributed by atoms with Crippen LogP contribution in [0.2, 0.25) is 0 Å². The second kappa shape index (κ2) is 8.63. The number of nitrogens with zero attached hydrogens (tertiary/aromatic N) is 3. The van der Waals surface area contributed by atoms with Crippen LogP contribution in [-0.2, 0) is 16.6 Å². The van der Waals surface area contributed by atoms with Crippen molar-refractivity contribution in [1.29, 1.82) is 0 Å². The van der Waals surface area contributed by atoms with Crippen molar-refractivity contribution < 1.29 is 13.2 Å². The lowest BCUT2D eigenvalue weighted by molar-refractivity contribution is 0.240. The molecule has 1 saturated heterocycles. The Labute approximate surface area is 184 Å². The summed E-state index contributed by atoms with van der Waals surface area (Å²) in [7, 11) is -3.51. The van der Waals surface area contributed by atoms with Crippen molar-refractivity contribution in [2.24, 2.45) is 0 Å². The van der Waals surface area contributed by atoms with E-state index in [-0.39, 0.29) is 6.10 Å². The number of piperidine rings is 1. The molecule has 0 atom stereocenters. The molecule has 1 aliphatic rings. The third-order valence-corrected chi connectivity index (χ3v) is 7.99. The van der Waals surface area contributed by atoms with Crippen LogP contribution in [0.25, 0.3) is 10.9 Å². The molecule has 4 rings (SSSR count). The topological polar surface area (TPSA) is 64.4 Å². The molecule has 3 aromatic rings. The molecule has 0 radical (unpaired) electrons. The molecule has 1 fully saturated rings. The standard InChI is InChI=1S/C24H31N3O3S/c1-5-26-16-22(21-8-11-25-15-23(21)26)19-9-12-27(13-10-19)31(28,29)20-6-7-24(18(4)14-20)30-17(2)3/h6-8,11,14-17,19H,5,9-10,12-13H2,1-4H3. The quantitative estimate of drug-likeness (QED) is 0.555. The van der Waals surface area contributed by atoms with E-state index in [0.717, 1.165) is 36.2 Å². The molecular formula is C24H31N3O3S. The molecule has 2 aromatic heterocycles. The van der Waals surface area contributed by atoms with Gasteiger partial charge in [0.25, 0.3) is 0 Å². The van der Waals surface area contributed by atoms with E-state index >= 15 is 0 Å². The number of sulfonamides is 1. The van der Waals surface area contributed by atoms with Crippen LogP contribution in [-0.4, -0.2) is 41.5 Å². The molecule has 166 valence electrons. The van der Waals surface area contributed by atoms with Gasteiger partial charge in [-0.05, 0) is 81.8 Å². The number of fused-ring (bicyclic) bond motifs is 1. The normalized spacial score (nSPS) is 16.3. The summed E-state index contributed by atoms with van der Waals surface area (Å²) in [6.07, 6.45) is 7.65. The molecule has 0 N–H and O–H groups in total. The molecule has 0 bridgehead atoms. The molecule has 1 aliphatic heterocycles. The van der Waals surface area contributed by atoms with Gasteiger partial charge in [0, 0.05) is 37.4 Å². The summed E-state index contributed by atoms with van der Waals surface area (Å²) >= 11 is 0. The number of aryl methyl sites for hydroxylation is 2. The van der Waals surface area contributed by atoms with Gasteiger partial charge in [-0.1, -0.05) is 0 Å². The largest absolute Gasteiger partial charge is 0.491 e. The predicted molar refractivity (Wildman–Crippen MR) is 123 cm³/mol. The number of rotatable bonds is 6. The lowest BCUT2D eigenvalue weighted by atomic mass is 9.90. The van der Waals surface area contributed by atoms with Crippen LogP contribution in [0.4, 0.5) is 0 Å². The Bertz CT molecular complexity index is 1180. The minimum atomic E-state index is -3.51. The van der Waals surface area contributed by atoms with Gasteiger partial charge in [0.15, 0.2) is 0 Å². The highest BCUT2D eigenvalue weighted by atomic mass is 32.2. The summed E-state index contributed by atoms with van der Waals surface area (Å²) in [5.74, 6) is 1.09. The minimum absolute atomic E-state index is 0.0506. The van der Waals surface area contributed by atoms with Crippen molar-refractivity contribution in [2.75, 3.05) is 13.1 Å². The Morgan fingerprint density at radius 2 is 1.94 bits per heavy atom. The van der Waals surface area contributed by atoms with E-state index in [4.69, 9.17) is 4.74 Å². The van der Waals surface area contributed by atoms with Crippen LogP contribution >= 0.6 is 0 Å². The maximum Gasteiger partial charge on any atom is 0.243 e. The molecule has 31 heavy (non-hydrogen) atoms. The first-order valence-corrected chi connectivity index (χ1v) is 12.5. The number of benzene rings is 1. The molecule has 1 aromatic carbocycles. The first kappa shape index (κ1) is 21.8. The Kier molecular flexibility index (Phi) is 6.08. The van der Waals surface area contributed by atoms with Gasteiger partial charge in [-0.15, -0.1) is 0 Å². The summed E-state index contributed by atoms with van der Waals surface area (Å²) < 4.78 is 36.1. The van der Waals surface area contributed by atoms with Crippen LogP contribution < -0.4 is 4.74 Å². The zero-order valence-electron chi connectivity index (χ0n) is 18.7. The summed E-state index contributed by atoms with van der Waals surface area (Å²) in [5.41, 5.74) is 3.29. The highest BCUT2D eigenvalue weighted by Gasteiger charge is 2.31. The van der Waals surface area contributed by atoms with Gasteiger partial charge >= 0.3 is 0 Å². The lowest BCUT2D eigenvalue weighted by Crippen LogP contribution is -2.37. The summed E-state index contributed by atoms with van der Waals surface area (Å²) in [5, 5.41) is 1.23. The fourth-order valence-electron chi connectivity index (χ4n) is 4.48. The molecule has 0 aliphatic carbocycles. The SMILES string of the molecule is CCn1cc(C2CCN(S(=O)(=O)c3ccc(OC(C)C)c(C)c3)CC2)c2ccncc21. The highest BCUT2D eigenvalue weighted by molar-refractivity contribution is 7.89. The Hall–Kier alpha value is -2.38. The number of hydrogen-bond donors (Lipinski definition) is 0. The average molecular weight is 442 g/mol. The molecule has 6 nitrogen and oxygen atoms in total. The summed E-state index contributed by atoms with van der Waals surface area (Å²) in [6, 6.07) is 7.22. The van der Waals surface area contributed by atoms with Crippen molar-refractivity contribution in [1.82, 2.24) is 13.9 Å². The monoisotopic (exact) mass is 441 g/mol. The van der Waals surface area contributed by atoms with E-state index in [1.807, 2.05) is 33.2 Å². The summed E-state index contributed by atoms with van der Waals surface area (Å²) in [6.45, 7) is 9.89. The van der Waals surface area contributed by atoms with Crippen molar-refractivity contribution in [3.05, 3.63) is 54.0 Å². The second-order valence-electron chi connectivity index (χ2n) is 8.54. The van der Waals surface area contributed by atoms with Gasteiger partial charge in [-0.3, -0.25) is 4.98 Å². The third-order valence-electron chi connectivity index (χ3n) is 6.10. The first-order valence-electron chi connectivity index (χ1n) is 11.0. The summed E-state index contributed by atoms with van der Waals surface area (Å²) in [4.78, 5) is 4.61. The molecule has 0 amide bonds. The zero-order chi connectivity index (χ0) is 22.2. The van der Waals surface area contributed by atoms with Crippen LogP contribution in [0.5, 0.6) is 5.75 Å². The van der Waals surface area contributed by atoms with E-state index in [9.17, 15) is 8.42 Å². The van der Waals surface area contributed by atoms with Crippen molar-refractivity contribution in [3.63, 3.8) is 0 Å². The fourth-order valence-corrected chi connectivity index (χ4v) is 6.03. The Balaban J connectivity index is 1.52. The molecule has 0 unspecified atom stereocenters. The van der Waals surface area contributed by atoms with Gasteiger partial charge in [0.1, 0.15) is 5.75 Å². The first-order chi connectivity index (χ1) is 14.8. The number of hydrogen-bond acceptors (Lipinski definition) is 4. The minimum Gasteiger partial charge on any atom is -0.491 e. The smallest absolute Gasteiger partial charge is 0.243 e. The van der Waals surface area contributed by atoms with Crippen LogP contribution in [0.1, 0.15) is 50.7 Å². The van der Waals surface area contributed by atoms with E-state index in [1.165, 1.54) is 10.9 Å². The van der Waals surface area contributed by atoms with Crippen molar-refractivity contribution >= 4 is 20.9 Å². The van der Waals surface area contributed by atoms with Crippen molar-refractivity contribution in [2.45, 2.75) is 64.0 Å². The van der Waals surface area contributed by atoms with Gasteiger partial charge in [0.2, 0.25) is 10.0 Å². The van der Waals surface area contributed by atoms with Crippen molar-refractivity contribution in [3.8, 4) is 5.75 Å². The van der Waals surface area contributed by atoms with E-state index < -0.39 is 10.0 Å². The predicted octanol–water partition coefficient (Wildman–Crippen LogP) is 4.72. The van der Waals surface area contributed by atoms with E-state index in [0.29, 0.717) is 23.9 Å². The van der Waals surface area contributed by atoms with Gasteiger partial charge in [0.05, 0.1) is 22.7 Å². The Morgan fingerprint density at radius 1 is 1.19 bits per heavy atom. The number of pyridine rings is 1. The molecule has 0 saturated carbocycles. The van der Waals surface area contributed by atoms with E-state index in [1.54, 1.807) is 22.5 Å².